The average Bonchev–Trinajstić information content (AvgIpc) is 2.76. The summed E-state index contributed by atoms with van der Waals surface area (Å²) >= 11 is 0. The minimum absolute atomic E-state index is 0.101. The molecule has 0 bridgehead atoms. The zero-order valence-electron chi connectivity index (χ0n) is 17.7. The van der Waals surface area contributed by atoms with Gasteiger partial charge in [0.15, 0.2) is 0 Å². The van der Waals surface area contributed by atoms with Crippen molar-refractivity contribution in [2.75, 3.05) is 5.32 Å². The van der Waals surface area contributed by atoms with Crippen molar-refractivity contribution in [2.24, 2.45) is 0 Å². The third-order valence-electron chi connectivity index (χ3n) is 5.03. The second kappa shape index (κ2) is 8.89. The van der Waals surface area contributed by atoms with Crippen molar-refractivity contribution in [3.8, 4) is 0 Å². The van der Waals surface area contributed by atoms with E-state index >= 15 is 0 Å². The quantitative estimate of drug-likeness (QED) is 0.454. The van der Waals surface area contributed by atoms with Crippen LogP contribution in [0.1, 0.15) is 33.2 Å². The summed E-state index contributed by atoms with van der Waals surface area (Å²) in [4.78, 5) is 41.0. The van der Waals surface area contributed by atoms with Gasteiger partial charge < -0.3 is 15.0 Å². The number of aryl methyl sites for hydroxylation is 2. The van der Waals surface area contributed by atoms with Crippen LogP contribution in [0.4, 0.5) is 5.69 Å². The number of aromatic amines is 1. The summed E-state index contributed by atoms with van der Waals surface area (Å²) in [5.41, 5.74) is 3.34. The van der Waals surface area contributed by atoms with Crippen LogP contribution in [0.25, 0.3) is 10.9 Å². The molecule has 1 aromatic heterocycles. The Balaban J connectivity index is 1.68. The fourth-order valence-electron chi connectivity index (χ4n) is 3.70. The molecule has 0 saturated heterocycles. The summed E-state index contributed by atoms with van der Waals surface area (Å²) in [6.45, 7) is 3.88. The maximum Gasteiger partial charge on any atom is 0.340 e. The standard InChI is InChI=1S/C26H22N2O4/c1-16-12-17(2)14-19(13-16)27-25(30)24(18-8-4-3-5-9-18)32-26(31)21-15-23(29)28-22-11-7-6-10-20(21)22/h3-15,24H,1-2H3,(H,27,30)(H,28,29). The lowest BCUT2D eigenvalue weighted by Gasteiger charge is -2.19. The molecule has 1 amide bonds. The summed E-state index contributed by atoms with van der Waals surface area (Å²) < 4.78 is 5.68. The highest BCUT2D eigenvalue weighted by atomic mass is 16.5. The SMILES string of the molecule is Cc1cc(C)cc(NC(=O)C(OC(=O)c2cc(=O)[nH]c3ccccc23)c2ccccc2)c1. The Bertz CT molecular complexity index is 1340. The smallest absolute Gasteiger partial charge is 0.340 e. The van der Waals surface area contributed by atoms with E-state index in [9.17, 15) is 14.4 Å². The highest BCUT2D eigenvalue weighted by Gasteiger charge is 2.27. The Morgan fingerprint density at radius 3 is 2.25 bits per heavy atom. The molecule has 6 heteroatoms. The normalized spacial score (nSPS) is 11.7. The van der Waals surface area contributed by atoms with Crippen molar-refractivity contribution >= 4 is 28.5 Å². The summed E-state index contributed by atoms with van der Waals surface area (Å²) in [7, 11) is 0. The molecule has 1 unspecified atom stereocenters. The van der Waals surface area contributed by atoms with Gasteiger partial charge in [-0.3, -0.25) is 9.59 Å². The Labute approximate surface area is 184 Å². The van der Waals surface area contributed by atoms with Gasteiger partial charge >= 0.3 is 5.97 Å². The van der Waals surface area contributed by atoms with E-state index in [4.69, 9.17) is 4.74 Å². The van der Waals surface area contributed by atoms with E-state index in [0.29, 0.717) is 22.2 Å². The highest BCUT2D eigenvalue weighted by molar-refractivity contribution is 6.05. The molecule has 1 heterocycles. The monoisotopic (exact) mass is 426 g/mol. The molecule has 4 rings (SSSR count). The maximum atomic E-state index is 13.2. The molecule has 2 N–H and O–H groups in total. The molecule has 160 valence electrons. The third-order valence-corrected chi connectivity index (χ3v) is 5.03. The first kappa shape index (κ1) is 21.1. The van der Waals surface area contributed by atoms with Gasteiger partial charge in [0.05, 0.1) is 5.56 Å². The molecule has 0 fully saturated rings. The van der Waals surface area contributed by atoms with Gasteiger partial charge in [0.1, 0.15) is 0 Å². The Morgan fingerprint density at radius 2 is 1.53 bits per heavy atom. The van der Waals surface area contributed by atoms with E-state index < -0.39 is 23.5 Å². The first-order valence-electron chi connectivity index (χ1n) is 10.2. The second-order valence-corrected chi connectivity index (χ2v) is 7.65. The predicted molar refractivity (Wildman–Crippen MR) is 124 cm³/mol. The van der Waals surface area contributed by atoms with Crippen LogP contribution in [-0.4, -0.2) is 16.9 Å². The van der Waals surface area contributed by atoms with Gasteiger partial charge in [-0.25, -0.2) is 4.79 Å². The predicted octanol–water partition coefficient (Wildman–Crippen LogP) is 4.68. The van der Waals surface area contributed by atoms with Gasteiger partial charge in [-0.1, -0.05) is 54.6 Å². The Kier molecular flexibility index (Phi) is 5.85. The van der Waals surface area contributed by atoms with Crippen molar-refractivity contribution in [3.63, 3.8) is 0 Å². The number of aromatic nitrogens is 1. The number of nitrogens with one attached hydrogen (secondary N) is 2. The number of carbonyl (C=O) groups is 2. The number of hydrogen-bond acceptors (Lipinski definition) is 4. The van der Waals surface area contributed by atoms with E-state index in [-0.39, 0.29) is 5.56 Å². The van der Waals surface area contributed by atoms with Gasteiger partial charge in [-0.15, -0.1) is 0 Å². The number of ether oxygens (including phenoxy) is 1. The van der Waals surface area contributed by atoms with Crippen LogP contribution in [0.15, 0.2) is 83.7 Å². The largest absolute Gasteiger partial charge is 0.444 e. The lowest BCUT2D eigenvalue weighted by Crippen LogP contribution is -2.26. The van der Waals surface area contributed by atoms with Crippen LogP contribution < -0.4 is 10.9 Å². The number of anilines is 1. The number of amides is 1. The van der Waals surface area contributed by atoms with Crippen molar-refractivity contribution in [3.05, 3.63) is 111 Å². The second-order valence-electron chi connectivity index (χ2n) is 7.65. The maximum absolute atomic E-state index is 13.2. The molecular formula is C26H22N2O4. The van der Waals surface area contributed by atoms with Gasteiger partial charge in [0.25, 0.3) is 5.91 Å². The fraction of sp³-hybridized carbons (Fsp3) is 0.115. The molecule has 0 radical (unpaired) electrons. The molecule has 0 spiro atoms. The van der Waals surface area contributed by atoms with Crippen molar-refractivity contribution in [1.29, 1.82) is 0 Å². The van der Waals surface area contributed by atoms with Gasteiger partial charge in [0, 0.05) is 28.2 Å². The molecule has 4 aromatic rings. The lowest BCUT2D eigenvalue weighted by atomic mass is 10.1. The van der Waals surface area contributed by atoms with Crippen LogP contribution in [0.2, 0.25) is 0 Å². The van der Waals surface area contributed by atoms with Crippen molar-refractivity contribution in [2.45, 2.75) is 20.0 Å². The molecule has 0 aliphatic carbocycles. The van der Waals surface area contributed by atoms with Gasteiger partial charge in [-0.2, -0.15) is 0 Å². The number of pyridine rings is 1. The lowest BCUT2D eigenvalue weighted by molar-refractivity contribution is -0.125. The molecule has 0 aliphatic heterocycles. The first-order chi connectivity index (χ1) is 15.4. The first-order valence-corrected chi connectivity index (χ1v) is 10.2. The molecule has 6 nitrogen and oxygen atoms in total. The number of benzene rings is 3. The van der Waals surface area contributed by atoms with Crippen molar-refractivity contribution in [1.82, 2.24) is 4.98 Å². The minimum atomic E-state index is -1.19. The van der Waals surface area contributed by atoms with E-state index in [1.165, 1.54) is 6.07 Å². The molecule has 0 aliphatic rings. The molecule has 3 aromatic carbocycles. The number of carbonyl (C=O) groups excluding carboxylic acids is 2. The summed E-state index contributed by atoms with van der Waals surface area (Å²) in [6.07, 6.45) is -1.19. The number of rotatable bonds is 5. The summed E-state index contributed by atoms with van der Waals surface area (Å²) in [5.74, 6) is -1.24. The fourth-order valence-corrected chi connectivity index (χ4v) is 3.70. The van der Waals surface area contributed by atoms with Crippen molar-refractivity contribution < 1.29 is 14.3 Å². The number of para-hydroxylation sites is 1. The zero-order valence-corrected chi connectivity index (χ0v) is 17.7. The number of esters is 1. The van der Waals surface area contributed by atoms with Gasteiger partial charge in [0.2, 0.25) is 11.7 Å². The zero-order chi connectivity index (χ0) is 22.7. The summed E-state index contributed by atoms with van der Waals surface area (Å²) in [5, 5.41) is 3.38. The number of fused-ring (bicyclic) bond motifs is 1. The third kappa shape index (κ3) is 4.59. The molecule has 32 heavy (non-hydrogen) atoms. The number of hydrogen-bond donors (Lipinski definition) is 2. The highest BCUT2D eigenvalue weighted by Crippen LogP contribution is 2.24. The topological polar surface area (TPSA) is 88.3 Å². The van der Waals surface area contributed by atoms with E-state index in [1.54, 1.807) is 48.5 Å². The molecular weight excluding hydrogens is 404 g/mol. The Hall–Kier alpha value is -4.19. The summed E-state index contributed by atoms with van der Waals surface area (Å²) in [6, 6.07) is 22.6. The average molecular weight is 426 g/mol. The van der Waals surface area contributed by atoms with E-state index in [1.807, 2.05) is 38.1 Å². The van der Waals surface area contributed by atoms with Crippen LogP contribution in [0.5, 0.6) is 0 Å². The molecule has 0 saturated carbocycles. The minimum Gasteiger partial charge on any atom is -0.444 e. The van der Waals surface area contributed by atoms with Gasteiger partial charge in [-0.05, 0) is 43.2 Å². The van der Waals surface area contributed by atoms with E-state index in [0.717, 1.165) is 11.1 Å². The Morgan fingerprint density at radius 1 is 0.875 bits per heavy atom. The van der Waals surface area contributed by atoms with Crippen LogP contribution in [0.3, 0.4) is 0 Å². The number of H-pyrrole nitrogens is 1. The van der Waals surface area contributed by atoms with E-state index in [2.05, 4.69) is 10.3 Å². The molecule has 1 atom stereocenters. The van der Waals surface area contributed by atoms with Crippen LogP contribution in [0, 0.1) is 13.8 Å². The van der Waals surface area contributed by atoms with Crippen LogP contribution in [-0.2, 0) is 9.53 Å². The van der Waals surface area contributed by atoms with Crippen LogP contribution >= 0.6 is 0 Å².